The zero-order valence-electron chi connectivity index (χ0n) is 16.2. The lowest BCUT2D eigenvalue weighted by Crippen LogP contribution is -2.33. The van der Waals surface area contributed by atoms with Gasteiger partial charge in [-0.05, 0) is 55.0 Å². The molecule has 2 aromatic carbocycles. The molecule has 0 aromatic heterocycles. The maximum Gasteiger partial charge on any atom is 0.387 e. The summed E-state index contributed by atoms with van der Waals surface area (Å²) in [7, 11) is 1.77. The molecule has 0 saturated heterocycles. The Hall–Kier alpha value is -2.63. The molecule has 0 spiro atoms. The first-order valence-electron chi connectivity index (χ1n) is 9.53. The minimum Gasteiger partial charge on any atom is -0.490 e. The van der Waals surface area contributed by atoms with Crippen molar-refractivity contribution in [3.05, 3.63) is 59.2 Å². The summed E-state index contributed by atoms with van der Waals surface area (Å²) in [4.78, 5) is 14.7. The Balaban J connectivity index is 1.75. The van der Waals surface area contributed by atoms with Crippen molar-refractivity contribution in [2.75, 3.05) is 13.7 Å². The highest BCUT2D eigenvalue weighted by atomic mass is 19.3. The Labute approximate surface area is 164 Å². The van der Waals surface area contributed by atoms with Crippen LogP contribution in [0.2, 0.25) is 0 Å². The van der Waals surface area contributed by atoms with Crippen LogP contribution in [0.4, 0.5) is 8.78 Å². The normalized spacial score (nSPS) is 15.8. The van der Waals surface area contributed by atoms with Crippen molar-refractivity contribution in [3.63, 3.8) is 0 Å². The van der Waals surface area contributed by atoms with Crippen molar-refractivity contribution in [2.24, 2.45) is 0 Å². The molecule has 1 unspecified atom stereocenters. The number of carbonyl (C=O) groups excluding carboxylic acids is 1. The summed E-state index contributed by atoms with van der Waals surface area (Å²) in [6.45, 7) is -0.446. The van der Waals surface area contributed by atoms with E-state index in [9.17, 15) is 13.6 Å². The summed E-state index contributed by atoms with van der Waals surface area (Å²) >= 11 is 0. The zero-order valence-corrected chi connectivity index (χ0v) is 16.2. The molecule has 0 fully saturated rings. The lowest BCUT2D eigenvalue weighted by atomic mass is 9.82. The highest BCUT2D eigenvalue weighted by Crippen LogP contribution is 2.34. The summed E-state index contributed by atoms with van der Waals surface area (Å²) in [5.41, 5.74) is 3.15. The third-order valence-electron chi connectivity index (χ3n) is 4.99. The molecule has 28 heavy (non-hydrogen) atoms. The molecule has 6 heteroatoms. The minimum absolute atomic E-state index is 0.00390. The van der Waals surface area contributed by atoms with Gasteiger partial charge in [-0.3, -0.25) is 4.79 Å². The molecule has 0 saturated carbocycles. The van der Waals surface area contributed by atoms with Crippen LogP contribution in [0, 0.1) is 0 Å². The second-order valence-corrected chi connectivity index (χ2v) is 6.93. The molecule has 1 aliphatic rings. The van der Waals surface area contributed by atoms with E-state index in [1.54, 1.807) is 31.0 Å². The van der Waals surface area contributed by atoms with Crippen LogP contribution >= 0.6 is 0 Å². The van der Waals surface area contributed by atoms with E-state index >= 15 is 0 Å². The van der Waals surface area contributed by atoms with Gasteiger partial charge in [0.25, 0.3) is 0 Å². The van der Waals surface area contributed by atoms with Gasteiger partial charge in [-0.25, -0.2) is 0 Å². The smallest absolute Gasteiger partial charge is 0.387 e. The first-order chi connectivity index (χ1) is 13.5. The molecule has 4 nitrogen and oxygen atoms in total. The summed E-state index contributed by atoms with van der Waals surface area (Å²) in [5, 5.41) is 0. The number of likely N-dealkylation sites (N-methyl/N-ethyl adjacent to an activating group) is 1. The van der Waals surface area contributed by atoms with E-state index in [1.807, 2.05) is 18.2 Å². The van der Waals surface area contributed by atoms with E-state index in [2.05, 4.69) is 10.8 Å². The molecule has 3 rings (SSSR count). The molecule has 150 valence electrons. The predicted octanol–water partition coefficient (Wildman–Crippen LogP) is 4.77. The third kappa shape index (κ3) is 4.61. The van der Waals surface area contributed by atoms with Gasteiger partial charge < -0.3 is 14.4 Å². The number of fused-ring (bicyclic) bond motifs is 1. The van der Waals surface area contributed by atoms with Crippen molar-refractivity contribution in [3.8, 4) is 11.5 Å². The van der Waals surface area contributed by atoms with E-state index in [0.29, 0.717) is 13.2 Å². The topological polar surface area (TPSA) is 38.8 Å². The molecule has 0 aliphatic heterocycles. The van der Waals surface area contributed by atoms with Gasteiger partial charge in [0.1, 0.15) is 0 Å². The Morgan fingerprint density at radius 2 is 2.00 bits per heavy atom. The number of aryl methyl sites for hydroxylation is 1. The quantitative estimate of drug-likeness (QED) is 0.685. The van der Waals surface area contributed by atoms with Crippen molar-refractivity contribution in [1.82, 2.24) is 4.90 Å². The predicted molar refractivity (Wildman–Crippen MR) is 103 cm³/mol. The van der Waals surface area contributed by atoms with Crippen LogP contribution in [0.1, 0.15) is 42.4 Å². The fourth-order valence-electron chi connectivity index (χ4n) is 3.74. The van der Waals surface area contributed by atoms with Crippen LogP contribution in [0.5, 0.6) is 11.5 Å². The fraction of sp³-hybridized carbons (Fsp3) is 0.409. The van der Waals surface area contributed by atoms with Crippen LogP contribution in [0.3, 0.4) is 0 Å². The van der Waals surface area contributed by atoms with Crippen molar-refractivity contribution >= 4 is 5.91 Å². The molecule has 1 aliphatic carbocycles. The number of ether oxygens (including phenoxy) is 2. The van der Waals surface area contributed by atoms with Gasteiger partial charge in [0.2, 0.25) is 5.91 Å². The zero-order chi connectivity index (χ0) is 20.1. The van der Waals surface area contributed by atoms with Crippen molar-refractivity contribution < 1.29 is 23.0 Å². The van der Waals surface area contributed by atoms with Crippen LogP contribution in [-0.2, 0) is 17.8 Å². The van der Waals surface area contributed by atoms with Gasteiger partial charge in [-0.15, -0.1) is 0 Å². The minimum atomic E-state index is -2.92. The van der Waals surface area contributed by atoms with E-state index in [-0.39, 0.29) is 23.3 Å². The number of halogens is 2. The first-order valence-corrected chi connectivity index (χ1v) is 9.53. The van der Waals surface area contributed by atoms with Crippen LogP contribution < -0.4 is 9.47 Å². The Kier molecular flexibility index (Phi) is 6.49. The fourth-order valence-corrected chi connectivity index (χ4v) is 3.74. The van der Waals surface area contributed by atoms with Crippen molar-refractivity contribution in [2.45, 2.75) is 45.3 Å². The highest BCUT2D eigenvalue weighted by molar-refractivity contribution is 5.84. The summed E-state index contributed by atoms with van der Waals surface area (Å²) in [6.07, 6.45) is 2.84. The molecular formula is C22H25F2NO3. The third-order valence-corrected chi connectivity index (χ3v) is 4.99. The van der Waals surface area contributed by atoms with Gasteiger partial charge in [0.15, 0.2) is 11.5 Å². The SMILES string of the molecule is CCOc1cc(CN(C)C(=O)C2CCCc3ccccc32)ccc1OC(F)F. The highest BCUT2D eigenvalue weighted by Gasteiger charge is 2.28. The molecule has 0 heterocycles. The Bertz CT molecular complexity index is 825. The maximum absolute atomic E-state index is 13.1. The van der Waals surface area contributed by atoms with E-state index in [0.717, 1.165) is 30.4 Å². The molecule has 0 bridgehead atoms. The molecule has 0 N–H and O–H groups in total. The summed E-state index contributed by atoms with van der Waals surface area (Å²) in [5.74, 6) is 0.181. The number of rotatable bonds is 7. The Morgan fingerprint density at radius 3 is 2.75 bits per heavy atom. The first kappa shape index (κ1) is 20.1. The monoisotopic (exact) mass is 389 g/mol. The van der Waals surface area contributed by atoms with E-state index in [1.165, 1.54) is 11.6 Å². The molecule has 1 atom stereocenters. The number of alkyl halides is 2. The van der Waals surface area contributed by atoms with E-state index < -0.39 is 6.61 Å². The van der Waals surface area contributed by atoms with Crippen LogP contribution in [0.15, 0.2) is 42.5 Å². The number of hydrogen-bond acceptors (Lipinski definition) is 3. The standard InChI is InChI=1S/C22H25F2NO3/c1-3-27-20-13-15(11-12-19(20)28-22(23)24)14-25(2)21(26)18-10-6-8-16-7-4-5-9-17(16)18/h4-5,7,9,11-13,18,22H,3,6,8,10,14H2,1-2H3. The van der Waals surface area contributed by atoms with Crippen LogP contribution in [0.25, 0.3) is 0 Å². The lowest BCUT2D eigenvalue weighted by molar-refractivity contribution is -0.132. The lowest BCUT2D eigenvalue weighted by Gasteiger charge is -2.29. The molecular weight excluding hydrogens is 364 g/mol. The number of benzene rings is 2. The molecule has 0 radical (unpaired) electrons. The average Bonchev–Trinajstić information content (AvgIpc) is 2.69. The maximum atomic E-state index is 13.1. The number of hydrogen-bond donors (Lipinski definition) is 0. The van der Waals surface area contributed by atoms with Gasteiger partial charge in [-0.1, -0.05) is 30.3 Å². The second kappa shape index (κ2) is 9.04. The van der Waals surface area contributed by atoms with E-state index in [4.69, 9.17) is 4.74 Å². The second-order valence-electron chi connectivity index (χ2n) is 6.93. The largest absolute Gasteiger partial charge is 0.490 e. The number of amides is 1. The summed E-state index contributed by atoms with van der Waals surface area (Å²) in [6, 6.07) is 12.9. The van der Waals surface area contributed by atoms with Gasteiger partial charge in [0, 0.05) is 13.6 Å². The molecule has 2 aromatic rings. The molecule has 1 amide bonds. The Morgan fingerprint density at radius 1 is 1.21 bits per heavy atom. The number of nitrogens with zero attached hydrogens (tertiary/aromatic N) is 1. The number of carbonyl (C=O) groups is 1. The summed E-state index contributed by atoms with van der Waals surface area (Å²) < 4.78 is 35.0. The van der Waals surface area contributed by atoms with Gasteiger partial charge in [0.05, 0.1) is 12.5 Å². The van der Waals surface area contributed by atoms with Crippen LogP contribution in [-0.4, -0.2) is 31.1 Å². The van der Waals surface area contributed by atoms with Gasteiger partial charge >= 0.3 is 6.61 Å². The average molecular weight is 389 g/mol. The van der Waals surface area contributed by atoms with Gasteiger partial charge in [-0.2, -0.15) is 8.78 Å². The van der Waals surface area contributed by atoms with Crippen molar-refractivity contribution in [1.29, 1.82) is 0 Å².